The molecule has 74 heavy (non-hydrogen) atoms. The highest BCUT2D eigenvalue weighted by atomic mass is 15.2. The third kappa shape index (κ3) is 7.87. The summed E-state index contributed by atoms with van der Waals surface area (Å²) in [5.41, 5.74) is 26.6. The van der Waals surface area contributed by atoms with Crippen molar-refractivity contribution in [3.8, 4) is 55.6 Å². The highest BCUT2D eigenvalue weighted by molar-refractivity contribution is 6.73. The van der Waals surface area contributed by atoms with E-state index in [1.54, 1.807) is 0 Å². The van der Waals surface area contributed by atoms with Gasteiger partial charge in [-0.2, -0.15) is 0 Å². The maximum Gasteiger partial charge on any atom is 0.197 e. The molecule has 351 valence electrons. The first-order chi connectivity index (χ1) is 36.4. The van der Waals surface area contributed by atoms with Gasteiger partial charge in [0, 0.05) is 56.5 Å². The number of rotatable bonds is 10. The van der Waals surface area contributed by atoms with Crippen LogP contribution in [0.2, 0.25) is 0 Å². The van der Waals surface area contributed by atoms with E-state index < -0.39 is 0 Å². The van der Waals surface area contributed by atoms with E-state index in [0.717, 1.165) is 62.1 Å². The molecule has 0 saturated carbocycles. The minimum atomic E-state index is -0.294. The van der Waals surface area contributed by atoms with Gasteiger partial charge >= 0.3 is 0 Å². The van der Waals surface area contributed by atoms with E-state index in [9.17, 15) is 0 Å². The number of nitrogens with one attached hydrogen (secondary N) is 1. The van der Waals surface area contributed by atoms with Gasteiger partial charge < -0.3 is 15.1 Å². The van der Waals surface area contributed by atoms with Crippen molar-refractivity contribution >= 4 is 63.7 Å². The highest BCUT2D eigenvalue weighted by Crippen LogP contribution is 2.56. The summed E-state index contributed by atoms with van der Waals surface area (Å²) in [5.74, 6) is 0. The number of nitrogens with zero attached hydrogens (tertiary/aromatic N) is 2. The molecule has 3 nitrogen and oxygen atoms in total. The fraction of sp³-hybridized carbons (Fsp3) is 0.0571. The molecule has 13 rings (SSSR count). The lowest BCUT2D eigenvalue weighted by Gasteiger charge is -2.38. The molecule has 1 aliphatic carbocycles. The van der Waals surface area contributed by atoms with Crippen LogP contribution in [-0.2, 0) is 5.41 Å². The summed E-state index contributed by atoms with van der Waals surface area (Å²) in [7, 11) is 2.46. The predicted octanol–water partition coefficient (Wildman–Crippen LogP) is 17.6. The molecule has 0 saturated heterocycles. The number of hydrogen-bond acceptors (Lipinski definition) is 3. The summed E-state index contributed by atoms with van der Waals surface area (Å²) in [6, 6.07) is 95.0. The first-order valence-corrected chi connectivity index (χ1v) is 25.7. The van der Waals surface area contributed by atoms with Crippen LogP contribution in [0.4, 0.5) is 45.5 Å². The summed E-state index contributed by atoms with van der Waals surface area (Å²) < 4.78 is 0. The Bertz CT molecular complexity index is 3820. The monoisotopic (exact) mass is 946 g/mol. The Morgan fingerprint density at radius 1 is 0.392 bits per heavy atom. The van der Waals surface area contributed by atoms with Crippen LogP contribution in [0, 0.1) is 6.92 Å². The van der Waals surface area contributed by atoms with Gasteiger partial charge in [0.25, 0.3) is 0 Å². The summed E-state index contributed by atoms with van der Waals surface area (Å²) >= 11 is 0. The van der Waals surface area contributed by atoms with Gasteiger partial charge in [-0.15, -0.1) is 0 Å². The molecule has 4 heteroatoms. The van der Waals surface area contributed by atoms with E-state index in [1.807, 2.05) is 0 Å². The van der Waals surface area contributed by atoms with Crippen molar-refractivity contribution in [1.82, 2.24) is 0 Å². The Balaban J connectivity index is 1.07. The maximum atomic E-state index is 4.01. The van der Waals surface area contributed by atoms with E-state index in [4.69, 9.17) is 0 Å². The van der Waals surface area contributed by atoms with Gasteiger partial charge in [0.2, 0.25) is 0 Å². The highest BCUT2D eigenvalue weighted by Gasteiger charge is 2.41. The third-order valence-electron chi connectivity index (χ3n) is 15.2. The van der Waals surface area contributed by atoms with Crippen LogP contribution >= 0.6 is 0 Å². The van der Waals surface area contributed by atoms with Crippen molar-refractivity contribution in [2.75, 3.05) is 15.1 Å². The standard InChI is InChI=1S/C70H53BN3/c1-47-43-52(49-23-11-5-12-24-49)36-42-64(47)74-65-45-57(73(55-27-15-7-16-28-55)56-29-17-8-18-30-56)39-41-62(65)71-69-66(74)46-61-67(58-31-19-20-32-60(58)70(61,2)3)68(69)59-40-35-53(50-25-13-6-14-26-50)44-63(59)72-54-37-33-51(34-38-54)48-21-9-4-10-22-48/h4-46,72H,1-3H3. The second kappa shape index (κ2) is 18.5. The third-order valence-corrected chi connectivity index (χ3v) is 15.2. The van der Waals surface area contributed by atoms with Crippen LogP contribution in [0.3, 0.4) is 0 Å². The Labute approximate surface area is 436 Å². The van der Waals surface area contributed by atoms with Gasteiger partial charge in [0.15, 0.2) is 7.28 Å². The zero-order valence-electron chi connectivity index (χ0n) is 41.8. The average Bonchev–Trinajstić information content (AvgIpc) is 3.69. The van der Waals surface area contributed by atoms with Crippen molar-refractivity contribution < 1.29 is 0 Å². The van der Waals surface area contributed by atoms with E-state index in [1.165, 1.54) is 66.7 Å². The molecule has 11 aromatic rings. The normalized spacial score (nSPS) is 12.7. The van der Waals surface area contributed by atoms with Crippen molar-refractivity contribution in [1.29, 1.82) is 0 Å². The van der Waals surface area contributed by atoms with Gasteiger partial charge in [-0.25, -0.2) is 0 Å². The Hall–Kier alpha value is -9.12. The fourth-order valence-electron chi connectivity index (χ4n) is 11.5. The molecule has 1 aliphatic heterocycles. The number of fused-ring (bicyclic) bond motifs is 5. The maximum absolute atomic E-state index is 4.01. The van der Waals surface area contributed by atoms with Crippen LogP contribution in [0.1, 0.15) is 30.5 Å². The van der Waals surface area contributed by atoms with Crippen molar-refractivity contribution in [2.24, 2.45) is 0 Å². The molecule has 0 atom stereocenters. The topological polar surface area (TPSA) is 18.5 Å². The smallest absolute Gasteiger partial charge is 0.197 e. The minimum Gasteiger partial charge on any atom is -0.355 e. The molecule has 0 bridgehead atoms. The van der Waals surface area contributed by atoms with E-state index in [-0.39, 0.29) is 5.41 Å². The number of hydrogen-bond donors (Lipinski definition) is 1. The number of aryl methyl sites for hydroxylation is 1. The lowest BCUT2D eigenvalue weighted by molar-refractivity contribution is 0.660. The van der Waals surface area contributed by atoms with Gasteiger partial charge in [-0.1, -0.05) is 207 Å². The van der Waals surface area contributed by atoms with E-state index in [0.29, 0.717) is 0 Å². The van der Waals surface area contributed by atoms with Gasteiger partial charge in [0.05, 0.1) is 0 Å². The zero-order valence-corrected chi connectivity index (χ0v) is 41.8. The first-order valence-electron chi connectivity index (χ1n) is 25.7. The summed E-state index contributed by atoms with van der Waals surface area (Å²) in [6.45, 7) is 7.07. The van der Waals surface area contributed by atoms with Crippen molar-refractivity contribution in [2.45, 2.75) is 26.2 Å². The molecular weight excluding hydrogens is 894 g/mol. The lowest BCUT2D eigenvalue weighted by atomic mass is 9.57. The molecular formula is C70H53BN3. The second-order valence-corrected chi connectivity index (χ2v) is 20.1. The number of benzene rings is 11. The van der Waals surface area contributed by atoms with Crippen LogP contribution in [0.25, 0.3) is 55.6 Å². The molecule has 0 unspecified atom stereocenters. The Kier molecular flexibility index (Phi) is 11.2. The summed E-state index contributed by atoms with van der Waals surface area (Å²) in [5, 5.41) is 4.01. The largest absolute Gasteiger partial charge is 0.355 e. The molecule has 1 N–H and O–H groups in total. The van der Waals surface area contributed by atoms with Crippen molar-refractivity contribution in [3.63, 3.8) is 0 Å². The quantitative estimate of drug-likeness (QED) is 0.138. The van der Waals surface area contributed by atoms with Crippen LogP contribution in [0.5, 0.6) is 0 Å². The molecule has 0 spiro atoms. The van der Waals surface area contributed by atoms with Crippen LogP contribution < -0.4 is 26.0 Å². The second-order valence-electron chi connectivity index (χ2n) is 20.1. The molecule has 0 aromatic heterocycles. The van der Waals surface area contributed by atoms with E-state index >= 15 is 0 Å². The molecule has 11 aromatic carbocycles. The van der Waals surface area contributed by atoms with E-state index in [2.05, 4.69) is 304 Å². The van der Waals surface area contributed by atoms with Crippen LogP contribution in [-0.4, -0.2) is 7.28 Å². The average molecular weight is 947 g/mol. The molecule has 1 heterocycles. The van der Waals surface area contributed by atoms with Gasteiger partial charge in [-0.3, -0.25) is 0 Å². The lowest BCUT2D eigenvalue weighted by Crippen LogP contribution is -2.42. The molecule has 1 radical (unpaired) electrons. The Morgan fingerprint density at radius 3 is 1.54 bits per heavy atom. The van der Waals surface area contributed by atoms with Crippen molar-refractivity contribution in [3.05, 3.63) is 278 Å². The van der Waals surface area contributed by atoms with Crippen LogP contribution in [0.15, 0.2) is 261 Å². The van der Waals surface area contributed by atoms with Gasteiger partial charge in [0.1, 0.15) is 0 Å². The molecule has 2 aliphatic rings. The number of para-hydroxylation sites is 2. The SMILES string of the molecule is Cc1cc(-c2ccccc2)ccc1N1c2cc(N(c3ccccc3)c3ccccc3)ccc2[B]c2c1cc1c(c2-c2ccc(-c3ccccc3)cc2Nc2ccc(-c3ccccc3)cc2)-c2ccccc2C1(C)C. The Morgan fingerprint density at radius 2 is 0.919 bits per heavy atom. The zero-order chi connectivity index (χ0) is 49.8. The van der Waals surface area contributed by atoms with Gasteiger partial charge in [-0.05, 0) is 152 Å². The predicted molar refractivity (Wildman–Crippen MR) is 315 cm³/mol. The molecule has 0 fully saturated rings. The summed E-state index contributed by atoms with van der Waals surface area (Å²) in [6.07, 6.45) is 0. The number of anilines is 8. The first kappa shape index (κ1) is 44.8. The summed E-state index contributed by atoms with van der Waals surface area (Å²) in [4.78, 5) is 4.93. The fourth-order valence-corrected chi connectivity index (χ4v) is 11.5. The molecule has 0 amide bonds. The minimum absolute atomic E-state index is 0.294.